The van der Waals surface area contributed by atoms with E-state index in [4.69, 9.17) is 5.11 Å². The quantitative estimate of drug-likeness (QED) is 0.815. The average molecular weight is 295 g/mol. The molecular formula is C13H17N3O5. The van der Waals surface area contributed by atoms with E-state index < -0.39 is 34.8 Å². The average Bonchev–Trinajstić information content (AvgIpc) is 2.39. The lowest BCUT2D eigenvalue weighted by Crippen LogP contribution is -2.53. The van der Waals surface area contributed by atoms with Crippen LogP contribution in [0.25, 0.3) is 0 Å². The Hall–Kier alpha value is -2.35. The van der Waals surface area contributed by atoms with Gasteiger partial charge in [-0.1, -0.05) is 13.8 Å². The first-order valence-electron chi connectivity index (χ1n) is 6.40. The van der Waals surface area contributed by atoms with Gasteiger partial charge >= 0.3 is 5.97 Å². The van der Waals surface area contributed by atoms with Crippen LogP contribution >= 0.6 is 0 Å². The Bertz CT molecular complexity index is 679. The molecule has 21 heavy (non-hydrogen) atoms. The van der Waals surface area contributed by atoms with E-state index in [1.54, 1.807) is 12.1 Å². The zero-order valence-electron chi connectivity index (χ0n) is 12.2. The molecular weight excluding hydrogens is 278 g/mol. The SMILES string of the molecule is CC(C)C1N(C)N(C)C(=O)c2c(O)c(=O)c(C(=O)O)cn21. The lowest BCUT2D eigenvalue weighted by Gasteiger charge is -2.44. The Morgan fingerprint density at radius 2 is 1.86 bits per heavy atom. The van der Waals surface area contributed by atoms with Crippen LogP contribution in [-0.2, 0) is 0 Å². The van der Waals surface area contributed by atoms with Gasteiger partial charge in [-0.3, -0.25) is 14.6 Å². The molecule has 0 aromatic carbocycles. The Morgan fingerprint density at radius 1 is 1.29 bits per heavy atom. The minimum atomic E-state index is -1.44. The van der Waals surface area contributed by atoms with Crippen LogP contribution in [0.1, 0.15) is 40.9 Å². The van der Waals surface area contributed by atoms with Crippen molar-refractivity contribution in [3.63, 3.8) is 0 Å². The molecule has 8 nitrogen and oxygen atoms in total. The number of hydrazine groups is 1. The zero-order chi connectivity index (χ0) is 16.1. The molecule has 114 valence electrons. The third-order valence-electron chi connectivity index (χ3n) is 3.67. The molecule has 0 saturated heterocycles. The number of amides is 1. The molecule has 0 spiro atoms. The van der Waals surface area contributed by atoms with Gasteiger partial charge in [0, 0.05) is 20.3 Å². The van der Waals surface area contributed by atoms with Gasteiger partial charge in [-0.25, -0.2) is 4.79 Å². The second-order valence-electron chi connectivity index (χ2n) is 5.34. The topological polar surface area (TPSA) is 103 Å². The molecule has 0 bridgehead atoms. The normalized spacial score (nSPS) is 19.0. The largest absolute Gasteiger partial charge is 0.503 e. The van der Waals surface area contributed by atoms with Crippen molar-refractivity contribution < 1.29 is 19.8 Å². The Labute approximate surface area is 120 Å². The number of hydrogen-bond acceptors (Lipinski definition) is 5. The highest BCUT2D eigenvalue weighted by molar-refractivity contribution is 5.97. The van der Waals surface area contributed by atoms with Crippen molar-refractivity contribution >= 4 is 11.9 Å². The lowest BCUT2D eigenvalue weighted by atomic mass is 10.1. The summed E-state index contributed by atoms with van der Waals surface area (Å²) >= 11 is 0. The molecule has 2 heterocycles. The van der Waals surface area contributed by atoms with E-state index in [0.29, 0.717) is 0 Å². The van der Waals surface area contributed by atoms with Gasteiger partial charge < -0.3 is 14.8 Å². The first-order chi connectivity index (χ1) is 9.68. The van der Waals surface area contributed by atoms with E-state index in [9.17, 15) is 19.5 Å². The fourth-order valence-corrected chi connectivity index (χ4v) is 2.60. The van der Waals surface area contributed by atoms with Crippen LogP contribution in [0, 0.1) is 5.92 Å². The number of carboxylic acids is 1. The van der Waals surface area contributed by atoms with Crippen molar-refractivity contribution in [2.45, 2.75) is 20.0 Å². The zero-order valence-corrected chi connectivity index (χ0v) is 12.2. The second kappa shape index (κ2) is 4.88. The number of hydrogen-bond donors (Lipinski definition) is 2. The maximum Gasteiger partial charge on any atom is 0.341 e. The van der Waals surface area contributed by atoms with Crippen LogP contribution in [0.15, 0.2) is 11.0 Å². The molecule has 2 rings (SSSR count). The Kier molecular flexibility index (Phi) is 3.50. The smallest absolute Gasteiger partial charge is 0.341 e. The van der Waals surface area contributed by atoms with Crippen molar-refractivity contribution in [1.82, 2.24) is 14.6 Å². The van der Waals surface area contributed by atoms with Crippen LogP contribution in [-0.4, -0.2) is 50.8 Å². The van der Waals surface area contributed by atoms with Gasteiger partial charge in [-0.05, 0) is 5.92 Å². The van der Waals surface area contributed by atoms with Gasteiger partial charge in [0.2, 0.25) is 5.43 Å². The molecule has 0 fully saturated rings. The number of carbonyl (C=O) groups excluding carboxylic acids is 1. The maximum absolute atomic E-state index is 12.3. The molecule has 1 aliphatic rings. The molecule has 1 aliphatic heterocycles. The van der Waals surface area contributed by atoms with Gasteiger partial charge in [0.05, 0.1) is 0 Å². The molecule has 2 N–H and O–H groups in total. The number of carbonyl (C=O) groups is 2. The fraction of sp³-hybridized carbons (Fsp3) is 0.462. The Morgan fingerprint density at radius 3 is 2.33 bits per heavy atom. The standard InChI is InChI=1S/C13H17N3O5/c1-6(2)11-14(3)15(4)12(19)8-10(18)9(17)7(13(20)21)5-16(8)11/h5-6,11,18H,1-4H3,(H,20,21). The predicted octanol–water partition coefficient (Wildman–Crippen LogP) is 0.339. The molecule has 8 heteroatoms. The lowest BCUT2D eigenvalue weighted by molar-refractivity contribution is -0.0588. The van der Waals surface area contributed by atoms with Crippen LogP contribution in [0.5, 0.6) is 5.75 Å². The summed E-state index contributed by atoms with van der Waals surface area (Å²) in [7, 11) is 3.21. The first-order valence-corrected chi connectivity index (χ1v) is 6.40. The van der Waals surface area contributed by atoms with Crippen molar-refractivity contribution in [2.24, 2.45) is 5.92 Å². The van der Waals surface area contributed by atoms with Crippen molar-refractivity contribution in [3.05, 3.63) is 27.7 Å². The summed E-state index contributed by atoms with van der Waals surface area (Å²) in [5.41, 5.74) is -1.81. The molecule has 1 amide bonds. The highest BCUT2D eigenvalue weighted by Crippen LogP contribution is 2.32. The van der Waals surface area contributed by atoms with Gasteiger partial charge in [-0.15, -0.1) is 0 Å². The monoisotopic (exact) mass is 295 g/mol. The van der Waals surface area contributed by atoms with E-state index in [-0.39, 0.29) is 11.6 Å². The summed E-state index contributed by atoms with van der Waals surface area (Å²) in [6.45, 7) is 3.79. The number of aromatic carboxylic acids is 1. The summed E-state index contributed by atoms with van der Waals surface area (Å²) in [5, 5.41) is 22.0. The van der Waals surface area contributed by atoms with E-state index >= 15 is 0 Å². The molecule has 0 saturated carbocycles. The molecule has 0 radical (unpaired) electrons. The first kappa shape index (κ1) is 15.0. The van der Waals surface area contributed by atoms with E-state index in [0.717, 1.165) is 6.20 Å². The minimum absolute atomic E-state index is 0.00727. The van der Waals surface area contributed by atoms with E-state index in [1.807, 2.05) is 13.8 Å². The van der Waals surface area contributed by atoms with Crippen LogP contribution in [0.2, 0.25) is 0 Å². The number of fused-ring (bicyclic) bond motifs is 1. The van der Waals surface area contributed by atoms with Crippen molar-refractivity contribution in [3.8, 4) is 5.75 Å². The highest BCUT2D eigenvalue weighted by atomic mass is 16.4. The van der Waals surface area contributed by atoms with Crippen molar-refractivity contribution in [2.75, 3.05) is 14.1 Å². The summed E-state index contributed by atoms with van der Waals surface area (Å²) in [6.07, 6.45) is 0.721. The van der Waals surface area contributed by atoms with Crippen LogP contribution in [0.3, 0.4) is 0 Å². The third kappa shape index (κ3) is 2.07. The summed E-state index contributed by atoms with van der Waals surface area (Å²) < 4.78 is 1.35. The summed E-state index contributed by atoms with van der Waals surface area (Å²) in [4.78, 5) is 35.3. The number of carboxylic acid groups (broad SMARTS) is 1. The molecule has 1 aromatic rings. The van der Waals surface area contributed by atoms with E-state index in [2.05, 4.69) is 0 Å². The third-order valence-corrected chi connectivity index (χ3v) is 3.67. The highest BCUT2D eigenvalue weighted by Gasteiger charge is 2.38. The van der Waals surface area contributed by atoms with Gasteiger partial charge in [0.25, 0.3) is 5.91 Å². The maximum atomic E-state index is 12.3. The number of aromatic hydroxyl groups is 1. The Balaban J connectivity index is 2.85. The van der Waals surface area contributed by atoms with E-state index in [1.165, 1.54) is 16.6 Å². The van der Waals surface area contributed by atoms with Crippen molar-refractivity contribution in [1.29, 1.82) is 0 Å². The van der Waals surface area contributed by atoms with Crippen LogP contribution < -0.4 is 5.43 Å². The van der Waals surface area contributed by atoms with Gasteiger partial charge in [0.15, 0.2) is 11.4 Å². The minimum Gasteiger partial charge on any atom is -0.503 e. The predicted molar refractivity (Wildman–Crippen MR) is 73.1 cm³/mol. The van der Waals surface area contributed by atoms with Gasteiger partial charge in [0.1, 0.15) is 11.7 Å². The molecule has 1 atom stereocenters. The molecule has 0 aliphatic carbocycles. The number of pyridine rings is 1. The van der Waals surface area contributed by atoms with Gasteiger partial charge in [-0.2, -0.15) is 5.01 Å². The number of aromatic nitrogens is 1. The molecule has 1 unspecified atom stereocenters. The second-order valence-corrected chi connectivity index (χ2v) is 5.34. The molecule has 1 aromatic heterocycles. The number of nitrogens with zero attached hydrogens (tertiary/aromatic N) is 3. The van der Waals surface area contributed by atoms with Crippen LogP contribution in [0.4, 0.5) is 0 Å². The number of rotatable bonds is 2. The summed E-state index contributed by atoms with van der Waals surface area (Å²) in [5.74, 6) is -2.83. The fourth-order valence-electron chi connectivity index (χ4n) is 2.60. The summed E-state index contributed by atoms with van der Waals surface area (Å²) in [6, 6.07) is 0.